The lowest BCUT2D eigenvalue weighted by Gasteiger charge is -2.27. The van der Waals surface area contributed by atoms with Crippen molar-refractivity contribution in [2.24, 2.45) is 0 Å². The summed E-state index contributed by atoms with van der Waals surface area (Å²) in [6, 6.07) is 1.23. The van der Waals surface area contributed by atoms with Crippen molar-refractivity contribution in [3.63, 3.8) is 0 Å². The molecular formula is C13H5F14N3O2. The molecule has 19 heteroatoms. The number of carbonyl (C=O) groups excluding carboxylic acids is 2. The summed E-state index contributed by atoms with van der Waals surface area (Å²) in [7, 11) is 0. The minimum absolute atomic E-state index is 0.373. The van der Waals surface area contributed by atoms with E-state index in [2.05, 4.69) is 4.98 Å². The number of aromatic nitrogens is 1. The van der Waals surface area contributed by atoms with Gasteiger partial charge in [-0.05, 0) is 12.1 Å². The van der Waals surface area contributed by atoms with Crippen LogP contribution in [0.3, 0.4) is 0 Å². The number of hydrogen-bond donors (Lipinski definition) is 2. The van der Waals surface area contributed by atoms with E-state index in [-0.39, 0.29) is 0 Å². The van der Waals surface area contributed by atoms with E-state index in [1.54, 1.807) is 0 Å². The van der Waals surface area contributed by atoms with E-state index in [0.29, 0.717) is 18.2 Å². The summed E-state index contributed by atoms with van der Waals surface area (Å²) in [5.41, 5.74) is 0. The summed E-state index contributed by atoms with van der Waals surface area (Å²) in [4.78, 5) is 25.1. The Morgan fingerprint density at radius 3 is 1.12 bits per heavy atom. The molecule has 0 aromatic carbocycles. The van der Waals surface area contributed by atoms with Crippen molar-refractivity contribution >= 4 is 23.5 Å². The van der Waals surface area contributed by atoms with Crippen molar-refractivity contribution in [2.45, 2.75) is 36.0 Å². The van der Waals surface area contributed by atoms with Crippen molar-refractivity contribution in [1.82, 2.24) is 4.98 Å². The molecule has 2 N–H and O–H groups in total. The second kappa shape index (κ2) is 7.91. The molecule has 0 saturated heterocycles. The predicted octanol–water partition coefficient (Wildman–Crippen LogP) is 4.62. The fourth-order valence-electron chi connectivity index (χ4n) is 1.60. The highest BCUT2D eigenvalue weighted by Gasteiger charge is 2.77. The first-order valence-corrected chi connectivity index (χ1v) is 7.25. The van der Waals surface area contributed by atoms with Gasteiger partial charge in [-0.25, -0.2) is 4.98 Å². The van der Waals surface area contributed by atoms with Crippen molar-refractivity contribution in [2.75, 3.05) is 10.6 Å². The number of pyridine rings is 1. The van der Waals surface area contributed by atoms with Gasteiger partial charge in [-0.3, -0.25) is 9.59 Å². The Kier molecular flexibility index (Phi) is 6.71. The van der Waals surface area contributed by atoms with E-state index in [0.717, 1.165) is 10.6 Å². The van der Waals surface area contributed by atoms with Crippen LogP contribution in [-0.2, 0) is 9.59 Å². The van der Waals surface area contributed by atoms with Gasteiger partial charge in [0, 0.05) is 0 Å². The average Bonchev–Trinajstić information content (AvgIpc) is 2.59. The maximum Gasteiger partial charge on any atom is 0.460 e. The molecule has 0 radical (unpaired) electrons. The molecule has 0 aliphatic rings. The number of hydrogen-bond acceptors (Lipinski definition) is 3. The normalized spacial score (nSPS) is 14.2. The fraction of sp³-hybridized carbons (Fsp3) is 0.462. The maximum absolute atomic E-state index is 13.2. The molecule has 0 fully saturated rings. The van der Waals surface area contributed by atoms with Gasteiger partial charge in [0.05, 0.1) is 0 Å². The van der Waals surface area contributed by atoms with Crippen LogP contribution >= 0.6 is 0 Å². The highest BCUT2D eigenvalue weighted by Crippen LogP contribution is 2.48. The van der Waals surface area contributed by atoms with Gasteiger partial charge in [0.25, 0.3) is 0 Å². The molecule has 182 valence electrons. The van der Waals surface area contributed by atoms with Gasteiger partial charge in [0.1, 0.15) is 11.6 Å². The first-order chi connectivity index (χ1) is 14.0. The van der Waals surface area contributed by atoms with Gasteiger partial charge in [0.15, 0.2) is 0 Å². The second-order valence-electron chi connectivity index (χ2n) is 5.61. The first-order valence-electron chi connectivity index (χ1n) is 7.25. The Morgan fingerprint density at radius 2 is 0.875 bits per heavy atom. The molecule has 1 rings (SSSR count). The number of halogens is 14. The number of carbonyl (C=O) groups is 2. The fourth-order valence-corrected chi connectivity index (χ4v) is 1.60. The summed E-state index contributed by atoms with van der Waals surface area (Å²) in [6.07, 6.45) is -13.8. The van der Waals surface area contributed by atoms with Crippen LogP contribution in [-0.4, -0.2) is 52.8 Å². The Morgan fingerprint density at radius 1 is 0.594 bits per heavy atom. The van der Waals surface area contributed by atoms with Crippen LogP contribution in [0.4, 0.5) is 73.1 Å². The quantitative estimate of drug-likeness (QED) is 0.559. The largest absolute Gasteiger partial charge is 0.460 e. The van der Waals surface area contributed by atoms with Crippen LogP contribution in [0.25, 0.3) is 0 Å². The lowest BCUT2D eigenvalue weighted by atomic mass is 10.1. The van der Waals surface area contributed by atoms with E-state index >= 15 is 0 Å². The summed E-state index contributed by atoms with van der Waals surface area (Å²) in [6.45, 7) is 0. The second-order valence-corrected chi connectivity index (χ2v) is 5.61. The first kappa shape index (κ1) is 27.1. The maximum atomic E-state index is 13.2. The monoisotopic (exact) mass is 501 g/mol. The molecule has 1 aromatic heterocycles. The van der Waals surface area contributed by atoms with E-state index in [1.165, 1.54) is 0 Å². The predicted molar refractivity (Wildman–Crippen MR) is 73.4 cm³/mol. The zero-order chi connectivity index (χ0) is 25.6. The van der Waals surface area contributed by atoms with E-state index in [1.807, 2.05) is 0 Å². The molecule has 0 atom stereocenters. The van der Waals surface area contributed by atoms with Crippen molar-refractivity contribution in [1.29, 1.82) is 0 Å². The lowest BCUT2D eigenvalue weighted by molar-refractivity contribution is -0.343. The topological polar surface area (TPSA) is 71.1 Å². The van der Waals surface area contributed by atoms with E-state index in [9.17, 15) is 71.1 Å². The molecule has 1 aromatic rings. The van der Waals surface area contributed by atoms with Crippen LogP contribution in [0.1, 0.15) is 0 Å². The molecule has 1 heterocycles. The molecule has 0 aliphatic heterocycles. The van der Waals surface area contributed by atoms with E-state index < -0.39 is 59.5 Å². The number of rotatable bonds is 6. The molecule has 32 heavy (non-hydrogen) atoms. The van der Waals surface area contributed by atoms with Gasteiger partial charge >= 0.3 is 47.9 Å². The van der Waals surface area contributed by atoms with Gasteiger partial charge < -0.3 is 10.6 Å². The highest BCUT2D eigenvalue weighted by atomic mass is 19.4. The lowest BCUT2D eigenvalue weighted by Crippen LogP contribution is -2.58. The minimum atomic E-state index is -6.90. The summed E-state index contributed by atoms with van der Waals surface area (Å²) < 4.78 is 176. The Balaban J connectivity index is 3.12. The van der Waals surface area contributed by atoms with Crippen LogP contribution in [0.5, 0.6) is 0 Å². The molecule has 2 amide bonds. The van der Waals surface area contributed by atoms with E-state index in [4.69, 9.17) is 0 Å². The summed E-state index contributed by atoms with van der Waals surface area (Å²) in [5.74, 6) is -36.1. The minimum Gasteiger partial charge on any atom is -0.305 e. The highest BCUT2D eigenvalue weighted by molar-refractivity contribution is 5.98. The van der Waals surface area contributed by atoms with Crippen LogP contribution in [0, 0.1) is 0 Å². The van der Waals surface area contributed by atoms with Crippen LogP contribution in [0.2, 0.25) is 0 Å². The number of amides is 2. The number of nitrogens with zero attached hydrogens (tertiary/aromatic N) is 1. The SMILES string of the molecule is O=C(Nc1cccc(NC(=O)C(F)(F)C(F)(F)C(F)(F)F)n1)C(F)(F)C(F)(F)C(F)(F)F. The molecule has 0 unspecified atom stereocenters. The molecule has 0 aliphatic carbocycles. The zero-order valence-corrected chi connectivity index (χ0v) is 14.3. The van der Waals surface area contributed by atoms with Gasteiger partial charge in [-0.2, -0.15) is 61.5 Å². The molecule has 0 bridgehead atoms. The Bertz CT molecular complexity index is 810. The molecule has 0 spiro atoms. The Hall–Kier alpha value is -2.89. The van der Waals surface area contributed by atoms with Crippen LogP contribution in [0.15, 0.2) is 18.2 Å². The van der Waals surface area contributed by atoms with Gasteiger partial charge in [0.2, 0.25) is 0 Å². The molecular weight excluding hydrogens is 496 g/mol. The third kappa shape index (κ3) is 4.64. The number of nitrogens with one attached hydrogen (secondary N) is 2. The van der Waals surface area contributed by atoms with Crippen molar-refractivity contribution in [3.8, 4) is 0 Å². The third-order valence-electron chi connectivity index (χ3n) is 3.30. The number of anilines is 2. The van der Waals surface area contributed by atoms with Crippen molar-refractivity contribution in [3.05, 3.63) is 18.2 Å². The van der Waals surface area contributed by atoms with Crippen LogP contribution < -0.4 is 10.6 Å². The van der Waals surface area contributed by atoms with Crippen molar-refractivity contribution < 1.29 is 71.1 Å². The molecule has 0 saturated carbocycles. The van der Waals surface area contributed by atoms with Gasteiger partial charge in [-0.15, -0.1) is 0 Å². The zero-order valence-electron chi connectivity index (χ0n) is 14.3. The number of alkyl halides is 14. The standard InChI is InChI=1S/C13H5F14N3O2/c14-8(15,10(18,19)12(22,23)24)6(31)29-4-2-1-3-5(28-4)30-7(32)9(16,17)11(20,21)13(25,26)27/h1-3H,(H2,28,29,30,31,32). The average molecular weight is 501 g/mol. The smallest absolute Gasteiger partial charge is 0.305 e. The third-order valence-corrected chi connectivity index (χ3v) is 3.30. The summed E-state index contributed by atoms with van der Waals surface area (Å²) in [5, 5.41) is 1.44. The summed E-state index contributed by atoms with van der Waals surface area (Å²) >= 11 is 0. The Labute approximate surface area is 165 Å². The molecule has 5 nitrogen and oxygen atoms in total. The van der Waals surface area contributed by atoms with Gasteiger partial charge in [-0.1, -0.05) is 6.07 Å².